The van der Waals surface area contributed by atoms with E-state index in [4.69, 9.17) is 10.5 Å². The fourth-order valence-electron chi connectivity index (χ4n) is 1.59. The van der Waals surface area contributed by atoms with Crippen LogP contribution >= 0.6 is 0 Å². The summed E-state index contributed by atoms with van der Waals surface area (Å²) in [7, 11) is 0. The SMILES string of the molecule is CCC(N)Cc1ccn(CCOC(C)C)c1. The van der Waals surface area contributed by atoms with Crippen molar-refractivity contribution in [3.05, 3.63) is 24.0 Å². The minimum atomic E-state index is 0.280. The fraction of sp³-hybridized carbons (Fsp3) is 0.692. The first kappa shape index (κ1) is 13.3. The summed E-state index contributed by atoms with van der Waals surface area (Å²) in [5.41, 5.74) is 7.24. The van der Waals surface area contributed by atoms with E-state index < -0.39 is 0 Å². The summed E-state index contributed by atoms with van der Waals surface area (Å²) in [5.74, 6) is 0. The van der Waals surface area contributed by atoms with Crippen molar-refractivity contribution >= 4 is 0 Å². The minimum absolute atomic E-state index is 0.280. The van der Waals surface area contributed by atoms with Crippen molar-refractivity contribution in [2.24, 2.45) is 5.73 Å². The molecule has 0 aliphatic heterocycles. The van der Waals surface area contributed by atoms with E-state index in [1.165, 1.54) is 5.56 Å². The molecule has 0 amide bonds. The lowest BCUT2D eigenvalue weighted by atomic mass is 10.1. The van der Waals surface area contributed by atoms with Crippen molar-refractivity contribution < 1.29 is 4.74 Å². The summed E-state index contributed by atoms with van der Waals surface area (Å²) in [6.07, 6.45) is 6.57. The van der Waals surface area contributed by atoms with Crippen LogP contribution in [0.5, 0.6) is 0 Å². The van der Waals surface area contributed by atoms with Gasteiger partial charge < -0.3 is 15.0 Å². The molecule has 0 aliphatic carbocycles. The van der Waals surface area contributed by atoms with Gasteiger partial charge in [-0.05, 0) is 38.3 Å². The van der Waals surface area contributed by atoms with Crippen LogP contribution in [0.25, 0.3) is 0 Å². The molecule has 1 unspecified atom stereocenters. The molecule has 92 valence electrons. The van der Waals surface area contributed by atoms with Gasteiger partial charge in [-0.25, -0.2) is 0 Å². The molecule has 1 aromatic rings. The molecular formula is C13H24N2O. The fourth-order valence-corrected chi connectivity index (χ4v) is 1.59. The van der Waals surface area contributed by atoms with Crippen LogP contribution in [0.1, 0.15) is 32.8 Å². The van der Waals surface area contributed by atoms with Crippen LogP contribution in [0.15, 0.2) is 18.5 Å². The Morgan fingerprint density at radius 3 is 2.81 bits per heavy atom. The molecule has 0 fully saturated rings. The monoisotopic (exact) mass is 224 g/mol. The average Bonchev–Trinajstić information content (AvgIpc) is 2.65. The molecule has 0 spiro atoms. The Balaban J connectivity index is 2.33. The van der Waals surface area contributed by atoms with Gasteiger partial charge in [0.2, 0.25) is 0 Å². The number of nitrogens with two attached hydrogens (primary N) is 1. The van der Waals surface area contributed by atoms with Gasteiger partial charge in [0.05, 0.1) is 12.7 Å². The van der Waals surface area contributed by atoms with Gasteiger partial charge in [0.25, 0.3) is 0 Å². The van der Waals surface area contributed by atoms with Crippen LogP contribution in [0, 0.1) is 0 Å². The lowest BCUT2D eigenvalue weighted by Crippen LogP contribution is -2.21. The Morgan fingerprint density at radius 2 is 2.19 bits per heavy atom. The summed E-state index contributed by atoms with van der Waals surface area (Å²) in [6, 6.07) is 2.42. The number of hydrogen-bond donors (Lipinski definition) is 1. The quantitative estimate of drug-likeness (QED) is 0.771. The van der Waals surface area contributed by atoms with Crippen LogP contribution in [0.3, 0.4) is 0 Å². The summed E-state index contributed by atoms with van der Waals surface area (Å²) in [5, 5.41) is 0. The molecule has 2 N–H and O–H groups in total. The van der Waals surface area contributed by atoms with Gasteiger partial charge in [-0.3, -0.25) is 0 Å². The Bertz CT molecular complexity index is 294. The van der Waals surface area contributed by atoms with E-state index in [-0.39, 0.29) is 6.04 Å². The minimum Gasteiger partial charge on any atom is -0.377 e. The number of ether oxygens (including phenoxy) is 1. The molecule has 16 heavy (non-hydrogen) atoms. The highest BCUT2D eigenvalue weighted by molar-refractivity contribution is 5.11. The zero-order chi connectivity index (χ0) is 12.0. The van der Waals surface area contributed by atoms with Gasteiger partial charge in [-0.1, -0.05) is 6.92 Å². The Morgan fingerprint density at radius 1 is 1.44 bits per heavy atom. The summed E-state index contributed by atoms with van der Waals surface area (Å²) in [4.78, 5) is 0. The van der Waals surface area contributed by atoms with Gasteiger partial charge in [-0.2, -0.15) is 0 Å². The molecule has 1 heterocycles. The van der Waals surface area contributed by atoms with Gasteiger partial charge in [0.1, 0.15) is 0 Å². The van der Waals surface area contributed by atoms with Gasteiger partial charge in [-0.15, -0.1) is 0 Å². The topological polar surface area (TPSA) is 40.2 Å². The molecule has 0 aliphatic rings. The molecule has 1 rings (SSSR count). The predicted octanol–water partition coefficient (Wildman–Crippen LogP) is 2.19. The highest BCUT2D eigenvalue weighted by Gasteiger charge is 2.03. The van der Waals surface area contributed by atoms with Crippen molar-refractivity contribution in [3.8, 4) is 0 Å². The maximum atomic E-state index is 5.92. The van der Waals surface area contributed by atoms with Crippen molar-refractivity contribution in [2.75, 3.05) is 6.61 Å². The zero-order valence-electron chi connectivity index (χ0n) is 10.6. The van der Waals surface area contributed by atoms with Crippen LogP contribution in [-0.2, 0) is 17.7 Å². The molecule has 0 aromatic carbocycles. The van der Waals surface area contributed by atoms with Gasteiger partial charge >= 0.3 is 0 Å². The Hall–Kier alpha value is -0.800. The van der Waals surface area contributed by atoms with Crippen LogP contribution in [-0.4, -0.2) is 23.3 Å². The number of nitrogens with zero attached hydrogens (tertiary/aromatic N) is 1. The lowest BCUT2D eigenvalue weighted by Gasteiger charge is -2.08. The van der Waals surface area contributed by atoms with Crippen molar-refractivity contribution in [3.63, 3.8) is 0 Å². The summed E-state index contributed by atoms with van der Waals surface area (Å²) < 4.78 is 7.68. The second-order valence-corrected chi connectivity index (χ2v) is 4.55. The summed E-state index contributed by atoms with van der Waals surface area (Å²) >= 11 is 0. The molecular weight excluding hydrogens is 200 g/mol. The third-order valence-corrected chi connectivity index (χ3v) is 2.63. The van der Waals surface area contributed by atoms with Crippen molar-refractivity contribution in [1.29, 1.82) is 0 Å². The highest BCUT2D eigenvalue weighted by Crippen LogP contribution is 2.06. The molecule has 1 atom stereocenters. The largest absolute Gasteiger partial charge is 0.377 e. The first-order valence-corrected chi connectivity index (χ1v) is 6.13. The van der Waals surface area contributed by atoms with Crippen molar-refractivity contribution in [1.82, 2.24) is 4.57 Å². The van der Waals surface area contributed by atoms with Crippen LogP contribution < -0.4 is 5.73 Å². The van der Waals surface area contributed by atoms with E-state index >= 15 is 0 Å². The number of hydrogen-bond acceptors (Lipinski definition) is 2. The van der Waals surface area contributed by atoms with Crippen LogP contribution in [0.4, 0.5) is 0 Å². The maximum Gasteiger partial charge on any atom is 0.0648 e. The van der Waals surface area contributed by atoms with Gasteiger partial charge in [0.15, 0.2) is 0 Å². The molecule has 0 saturated carbocycles. The Kier molecular flexibility index (Phi) is 5.56. The highest BCUT2D eigenvalue weighted by atomic mass is 16.5. The van der Waals surface area contributed by atoms with E-state index in [2.05, 4.69) is 43.8 Å². The zero-order valence-corrected chi connectivity index (χ0v) is 10.6. The van der Waals surface area contributed by atoms with E-state index in [9.17, 15) is 0 Å². The molecule has 0 radical (unpaired) electrons. The Labute approximate surface area is 98.6 Å². The molecule has 1 aromatic heterocycles. The van der Waals surface area contributed by atoms with E-state index in [0.29, 0.717) is 6.10 Å². The molecule has 3 heteroatoms. The van der Waals surface area contributed by atoms with Crippen LogP contribution in [0.2, 0.25) is 0 Å². The number of rotatable bonds is 7. The standard InChI is InChI=1S/C13H24N2O/c1-4-13(14)9-12-5-6-15(10-12)7-8-16-11(2)3/h5-6,10-11,13H,4,7-9,14H2,1-3H3. The predicted molar refractivity (Wildman–Crippen MR) is 67.5 cm³/mol. The maximum absolute atomic E-state index is 5.92. The first-order valence-electron chi connectivity index (χ1n) is 6.13. The normalized spacial score (nSPS) is 13.3. The van der Waals surface area contributed by atoms with E-state index in [0.717, 1.165) is 26.0 Å². The second kappa shape index (κ2) is 6.71. The molecule has 3 nitrogen and oxygen atoms in total. The smallest absolute Gasteiger partial charge is 0.0648 e. The first-order chi connectivity index (χ1) is 7.61. The lowest BCUT2D eigenvalue weighted by molar-refractivity contribution is 0.0728. The molecule has 0 bridgehead atoms. The van der Waals surface area contributed by atoms with Gasteiger partial charge in [0, 0.05) is 25.0 Å². The second-order valence-electron chi connectivity index (χ2n) is 4.55. The molecule has 0 saturated heterocycles. The average molecular weight is 224 g/mol. The third-order valence-electron chi connectivity index (χ3n) is 2.63. The van der Waals surface area contributed by atoms with E-state index in [1.54, 1.807) is 0 Å². The van der Waals surface area contributed by atoms with Crippen molar-refractivity contribution in [2.45, 2.75) is 52.3 Å². The number of aromatic nitrogens is 1. The van der Waals surface area contributed by atoms with E-state index in [1.807, 2.05) is 0 Å². The summed E-state index contributed by atoms with van der Waals surface area (Å²) in [6.45, 7) is 7.92. The third kappa shape index (κ3) is 4.81.